The molecule has 104 valence electrons. The fraction of sp³-hybridized carbons (Fsp3) is 0.643. The van der Waals surface area contributed by atoms with Gasteiger partial charge in [-0.3, -0.25) is 4.79 Å². The van der Waals surface area contributed by atoms with Gasteiger partial charge in [0.25, 0.3) is 0 Å². The number of carbonyl (C=O) groups excluding carboxylic acids is 1. The highest BCUT2D eigenvalue weighted by molar-refractivity contribution is 7.07. The Bertz CT molecular complexity index is 434. The molecule has 2 fully saturated rings. The molecule has 1 saturated heterocycles. The molecule has 1 saturated carbocycles. The maximum atomic E-state index is 12.4. The number of hydrogen-bond acceptors (Lipinski definition) is 4. The molecule has 1 N–H and O–H groups in total. The largest absolute Gasteiger partial charge is 0.392 e. The van der Waals surface area contributed by atoms with E-state index in [4.69, 9.17) is 4.74 Å². The summed E-state index contributed by atoms with van der Waals surface area (Å²) in [5.74, 6) is -0.0882. The van der Waals surface area contributed by atoms with Gasteiger partial charge < -0.3 is 14.7 Å². The van der Waals surface area contributed by atoms with E-state index in [1.165, 1.54) is 0 Å². The van der Waals surface area contributed by atoms with Crippen LogP contribution in [0.3, 0.4) is 0 Å². The van der Waals surface area contributed by atoms with E-state index in [0.29, 0.717) is 19.7 Å². The van der Waals surface area contributed by atoms with Gasteiger partial charge in [-0.1, -0.05) is 0 Å². The van der Waals surface area contributed by atoms with Gasteiger partial charge in [0.15, 0.2) is 0 Å². The Balaban J connectivity index is 1.66. The topological polar surface area (TPSA) is 49.8 Å². The lowest BCUT2D eigenvalue weighted by molar-refractivity contribution is -0.146. The molecule has 2 heterocycles. The van der Waals surface area contributed by atoms with Gasteiger partial charge in [0.2, 0.25) is 5.91 Å². The number of morpholine rings is 1. The maximum absolute atomic E-state index is 12.4. The Hall–Kier alpha value is -0.910. The van der Waals surface area contributed by atoms with Crippen molar-refractivity contribution in [2.45, 2.75) is 31.5 Å². The van der Waals surface area contributed by atoms with Crippen molar-refractivity contribution in [3.63, 3.8) is 0 Å². The van der Waals surface area contributed by atoms with Crippen LogP contribution in [-0.2, 0) is 9.53 Å². The van der Waals surface area contributed by atoms with E-state index in [0.717, 1.165) is 24.8 Å². The van der Waals surface area contributed by atoms with Crippen LogP contribution in [0.15, 0.2) is 16.8 Å². The van der Waals surface area contributed by atoms with Crippen molar-refractivity contribution in [1.82, 2.24) is 4.90 Å². The average Bonchev–Trinajstić information content (AvgIpc) is 3.09. The van der Waals surface area contributed by atoms with Gasteiger partial charge in [-0.25, -0.2) is 0 Å². The Labute approximate surface area is 117 Å². The Morgan fingerprint density at radius 3 is 3.05 bits per heavy atom. The number of thiophene rings is 1. The van der Waals surface area contributed by atoms with Crippen LogP contribution in [0.1, 0.15) is 30.9 Å². The average molecular weight is 281 g/mol. The van der Waals surface area contributed by atoms with E-state index in [-0.39, 0.29) is 17.9 Å². The number of amides is 1. The van der Waals surface area contributed by atoms with Crippen molar-refractivity contribution in [3.05, 3.63) is 22.4 Å². The molecule has 0 radical (unpaired) electrons. The summed E-state index contributed by atoms with van der Waals surface area (Å²) in [5.41, 5.74) is 1.15. The molecule has 3 rings (SSSR count). The summed E-state index contributed by atoms with van der Waals surface area (Å²) in [6.07, 6.45) is 2.07. The van der Waals surface area contributed by atoms with Crippen molar-refractivity contribution in [3.8, 4) is 0 Å². The zero-order valence-corrected chi connectivity index (χ0v) is 11.6. The molecular weight excluding hydrogens is 262 g/mol. The monoisotopic (exact) mass is 281 g/mol. The first kappa shape index (κ1) is 13.1. The third-order valence-corrected chi connectivity index (χ3v) is 4.79. The van der Waals surface area contributed by atoms with Crippen molar-refractivity contribution in [2.75, 3.05) is 19.7 Å². The second kappa shape index (κ2) is 5.61. The summed E-state index contributed by atoms with van der Waals surface area (Å²) in [7, 11) is 0. The molecule has 1 amide bonds. The summed E-state index contributed by atoms with van der Waals surface area (Å²) < 4.78 is 5.74. The summed E-state index contributed by atoms with van der Waals surface area (Å²) in [5, 5.41) is 14.0. The molecule has 4 nitrogen and oxygen atoms in total. The molecule has 1 aromatic rings. The molecule has 0 bridgehead atoms. The molecule has 1 aromatic heterocycles. The van der Waals surface area contributed by atoms with Crippen LogP contribution < -0.4 is 0 Å². The minimum absolute atomic E-state index is 0.0116. The van der Waals surface area contributed by atoms with Gasteiger partial charge in [0.05, 0.1) is 25.2 Å². The lowest BCUT2D eigenvalue weighted by Crippen LogP contribution is -2.46. The van der Waals surface area contributed by atoms with Crippen LogP contribution in [0.5, 0.6) is 0 Å². The number of nitrogens with zero attached hydrogens (tertiary/aromatic N) is 1. The van der Waals surface area contributed by atoms with Crippen molar-refractivity contribution in [1.29, 1.82) is 0 Å². The molecule has 5 heteroatoms. The maximum Gasteiger partial charge on any atom is 0.228 e. The first-order valence-electron chi connectivity index (χ1n) is 6.86. The minimum atomic E-state index is -0.449. The van der Waals surface area contributed by atoms with E-state index in [1.807, 2.05) is 16.3 Å². The van der Waals surface area contributed by atoms with Crippen molar-refractivity contribution < 1.29 is 14.6 Å². The lowest BCUT2D eigenvalue weighted by atomic mass is 10.0. The van der Waals surface area contributed by atoms with Gasteiger partial charge in [-0.2, -0.15) is 11.3 Å². The molecule has 3 unspecified atom stereocenters. The van der Waals surface area contributed by atoms with Gasteiger partial charge in [-0.05, 0) is 41.7 Å². The number of hydrogen-bond donors (Lipinski definition) is 1. The molecule has 19 heavy (non-hydrogen) atoms. The standard InChI is InChI=1S/C14H19NO3S/c16-12-3-1-2-11(12)14(17)15-5-6-18-13(8-15)10-4-7-19-9-10/h4,7,9,11-13,16H,1-3,5-6,8H2. The molecule has 1 aliphatic carbocycles. The first-order valence-corrected chi connectivity index (χ1v) is 7.80. The van der Waals surface area contributed by atoms with E-state index in [9.17, 15) is 9.90 Å². The van der Waals surface area contributed by atoms with E-state index in [2.05, 4.69) is 5.38 Å². The quantitative estimate of drug-likeness (QED) is 0.899. The third-order valence-electron chi connectivity index (χ3n) is 4.09. The normalized spacial score (nSPS) is 31.6. The zero-order chi connectivity index (χ0) is 13.2. The van der Waals surface area contributed by atoms with Crippen LogP contribution in [0, 0.1) is 5.92 Å². The molecular formula is C14H19NO3S. The summed E-state index contributed by atoms with van der Waals surface area (Å²) in [6, 6.07) is 2.05. The van der Waals surface area contributed by atoms with E-state index < -0.39 is 6.10 Å². The Morgan fingerprint density at radius 1 is 1.47 bits per heavy atom. The number of rotatable bonds is 2. The fourth-order valence-corrected chi connectivity index (χ4v) is 3.67. The van der Waals surface area contributed by atoms with Gasteiger partial charge in [0.1, 0.15) is 6.10 Å². The molecule has 0 aromatic carbocycles. The lowest BCUT2D eigenvalue weighted by Gasteiger charge is -2.34. The predicted molar refractivity (Wildman–Crippen MR) is 72.9 cm³/mol. The van der Waals surface area contributed by atoms with Crippen LogP contribution in [0.4, 0.5) is 0 Å². The SMILES string of the molecule is O=C(C1CCCC1O)N1CCOC(c2ccsc2)C1. The number of carbonyl (C=O) groups is 1. The van der Waals surface area contributed by atoms with Crippen LogP contribution in [0.25, 0.3) is 0 Å². The summed E-state index contributed by atoms with van der Waals surface area (Å²) in [6.45, 7) is 1.83. The smallest absolute Gasteiger partial charge is 0.228 e. The second-order valence-corrected chi connectivity index (χ2v) is 6.09. The highest BCUT2D eigenvalue weighted by Gasteiger charge is 2.36. The second-order valence-electron chi connectivity index (χ2n) is 5.31. The minimum Gasteiger partial charge on any atom is -0.392 e. The van der Waals surface area contributed by atoms with Gasteiger partial charge >= 0.3 is 0 Å². The number of ether oxygens (including phenoxy) is 1. The zero-order valence-electron chi connectivity index (χ0n) is 10.8. The summed E-state index contributed by atoms with van der Waals surface area (Å²) >= 11 is 1.65. The summed E-state index contributed by atoms with van der Waals surface area (Å²) in [4.78, 5) is 14.3. The first-order chi connectivity index (χ1) is 9.25. The highest BCUT2D eigenvalue weighted by Crippen LogP contribution is 2.30. The predicted octanol–water partition coefficient (Wildman–Crippen LogP) is 1.81. The van der Waals surface area contributed by atoms with Crippen LogP contribution in [-0.4, -0.2) is 41.7 Å². The van der Waals surface area contributed by atoms with Crippen molar-refractivity contribution >= 4 is 17.2 Å². The highest BCUT2D eigenvalue weighted by atomic mass is 32.1. The molecule has 0 spiro atoms. The number of aliphatic hydroxyl groups is 1. The van der Waals surface area contributed by atoms with Gasteiger partial charge in [0, 0.05) is 6.54 Å². The third kappa shape index (κ3) is 2.68. The van der Waals surface area contributed by atoms with E-state index >= 15 is 0 Å². The van der Waals surface area contributed by atoms with Crippen molar-refractivity contribution in [2.24, 2.45) is 5.92 Å². The molecule has 2 aliphatic rings. The van der Waals surface area contributed by atoms with E-state index in [1.54, 1.807) is 11.3 Å². The Kier molecular flexibility index (Phi) is 3.86. The van der Waals surface area contributed by atoms with Crippen LogP contribution in [0.2, 0.25) is 0 Å². The Morgan fingerprint density at radius 2 is 2.37 bits per heavy atom. The van der Waals surface area contributed by atoms with Gasteiger partial charge in [-0.15, -0.1) is 0 Å². The fourth-order valence-electron chi connectivity index (χ4n) is 2.97. The molecule has 1 aliphatic heterocycles. The number of aliphatic hydroxyl groups excluding tert-OH is 1. The molecule has 3 atom stereocenters. The van der Waals surface area contributed by atoms with Crippen LogP contribution >= 0.6 is 11.3 Å².